The molecular formula is C19H16ClN5O3S. The number of H-pyrrole nitrogens is 1. The zero-order valence-electron chi connectivity index (χ0n) is 15.3. The Morgan fingerprint density at radius 2 is 2.17 bits per heavy atom. The van der Waals surface area contributed by atoms with E-state index in [0.717, 1.165) is 5.56 Å². The van der Waals surface area contributed by atoms with Crippen LogP contribution in [0.3, 0.4) is 0 Å². The molecular weight excluding hydrogens is 414 g/mol. The number of aryl methyl sites for hydroxylation is 1. The monoisotopic (exact) mass is 429 g/mol. The lowest BCUT2D eigenvalue weighted by Gasteiger charge is -2.38. The number of carbonyl (C=O) groups excluding carboxylic acids is 1. The summed E-state index contributed by atoms with van der Waals surface area (Å²) in [6, 6.07) is 9.04. The number of benzene rings is 2. The summed E-state index contributed by atoms with van der Waals surface area (Å²) in [6.07, 6.45) is 1.98. The molecule has 10 heteroatoms. The van der Waals surface area contributed by atoms with Crippen LogP contribution in [0.15, 0.2) is 41.4 Å². The van der Waals surface area contributed by atoms with Crippen molar-refractivity contribution >= 4 is 44.1 Å². The number of halogens is 1. The van der Waals surface area contributed by atoms with E-state index >= 15 is 0 Å². The van der Waals surface area contributed by atoms with Crippen molar-refractivity contribution in [2.45, 2.75) is 24.3 Å². The third-order valence-electron chi connectivity index (χ3n) is 4.87. The number of carbonyl (C=O) groups is 1. The van der Waals surface area contributed by atoms with Crippen molar-refractivity contribution in [1.82, 2.24) is 14.5 Å². The van der Waals surface area contributed by atoms with Crippen molar-refractivity contribution in [3.05, 3.63) is 52.7 Å². The van der Waals surface area contributed by atoms with Crippen LogP contribution in [0.2, 0.25) is 5.02 Å². The lowest BCUT2D eigenvalue weighted by atomic mass is 10.1. The number of nitrogens with zero attached hydrogens (tertiary/aromatic N) is 3. The van der Waals surface area contributed by atoms with Gasteiger partial charge in [0.2, 0.25) is 15.9 Å². The fraction of sp³-hybridized carbons (Fsp3) is 0.211. The highest BCUT2D eigenvalue weighted by Gasteiger charge is 2.43. The highest BCUT2D eigenvalue weighted by Crippen LogP contribution is 2.32. The minimum Gasteiger partial charge on any atom is -0.325 e. The lowest BCUT2D eigenvalue weighted by Crippen LogP contribution is -2.56. The number of nitrogens with one attached hydrogen (secondary N) is 2. The maximum absolute atomic E-state index is 13.2. The second kappa shape index (κ2) is 7.15. The molecule has 1 aliphatic heterocycles. The van der Waals surface area contributed by atoms with Gasteiger partial charge in [0.15, 0.2) is 0 Å². The molecule has 2 N–H and O–H groups in total. The molecule has 1 aromatic heterocycles. The van der Waals surface area contributed by atoms with E-state index in [1.807, 2.05) is 12.1 Å². The fourth-order valence-corrected chi connectivity index (χ4v) is 5.43. The molecule has 4 rings (SSSR count). The number of hydrogen-bond acceptors (Lipinski definition) is 5. The van der Waals surface area contributed by atoms with Crippen molar-refractivity contribution < 1.29 is 13.2 Å². The largest absolute Gasteiger partial charge is 0.325 e. The quantitative estimate of drug-likeness (QED) is 0.660. The van der Waals surface area contributed by atoms with E-state index in [4.69, 9.17) is 16.9 Å². The van der Waals surface area contributed by atoms with Crippen molar-refractivity contribution in [1.29, 1.82) is 5.26 Å². The molecule has 0 aliphatic carbocycles. The predicted octanol–water partition coefficient (Wildman–Crippen LogP) is 2.80. The Hall–Kier alpha value is -2.93. The Morgan fingerprint density at radius 3 is 2.83 bits per heavy atom. The average molecular weight is 430 g/mol. The average Bonchev–Trinajstić information content (AvgIpc) is 3.07. The van der Waals surface area contributed by atoms with E-state index in [2.05, 4.69) is 15.5 Å². The van der Waals surface area contributed by atoms with E-state index in [-0.39, 0.29) is 16.5 Å². The molecule has 29 heavy (non-hydrogen) atoms. The second-order valence-electron chi connectivity index (χ2n) is 6.81. The summed E-state index contributed by atoms with van der Waals surface area (Å²) in [6.45, 7) is 2.05. The molecule has 1 atom stereocenters. The van der Waals surface area contributed by atoms with Gasteiger partial charge in [-0.1, -0.05) is 11.6 Å². The van der Waals surface area contributed by atoms with Crippen LogP contribution in [0.25, 0.3) is 10.9 Å². The highest BCUT2D eigenvalue weighted by atomic mass is 35.5. The third kappa shape index (κ3) is 3.35. The van der Waals surface area contributed by atoms with Gasteiger partial charge >= 0.3 is 0 Å². The number of fused-ring (bicyclic) bond motifs is 1. The highest BCUT2D eigenvalue weighted by molar-refractivity contribution is 7.89. The summed E-state index contributed by atoms with van der Waals surface area (Å²) in [5, 5.41) is 19.2. The molecule has 3 aromatic rings. The molecule has 0 bridgehead atoms. The zero-order chi connectivity index (χ0) is 20.8. The maximum Gasteiger partial charge on any atom is 0.245 e. The van der Waals surface area contributed by atoms with Crippen LogP contribution in [0, 0.1) is 18.3 Å². The standard InChI is InChI=1S/C19H16ClN5O3S/c1-11-6-13-10-22-24-18(13)17(7-11)29(27,28)25-5-4-16(25)19(26)23-14-3-2-12(9-21)15(20)8-14/h2-3,6-8,10,16H,4-5H2,1H3,(H,22,24)(H,23,26). The number of anilines is 1. The van der Waals surface area contributed by atoms with E-state index in [0.29, 0.717) is 28.6 Å². The van der Waals surface area contributed by atoms with Gasteiger partial charge in [0.25, 0.3) is 0 Å². The van der Waals surface area contributed by atoms with Crippen LogP contribution in [0.4, 0.5) is 5.69 Å². The number of hydrogen-bond donors (Lipinski definition) is 2. The first-order valence-electron chi connectivity index (χ1n) is 8.77. The Morgan fingerprint density at radius 1 is 1.38 bits per heavy atom. The van der Waals surface area contributed by atoms with Crippen molar-refractivity contribution in [3.63, 3.8) is 0 Å². The predicted molar refractivity (Wildman–Crippen MR) is 108 cm³/mol. The minimum atomic E-state index is -3.89. The summed E-state index contributed by atoms with van der Waals surface area (Å²) in [5.41, 5.74) is 1.89. The van der Waals surface area contributed by atoms with Crippen LogP contribution >= 0.6 is 11.6 Å². The number of aromatic amines is 1. The fourth-order valence-electron chi connectivity index (χ4n) is 3.32. The molecule has 0 saturated carbocycles. The topological polar surface area (TPSA) is 119 Å². The Balaban J connectivity index is 1.60. The summed E-state index contributed by atoms with van der Waals surface area (Å²) >= 11 is 5.99. The van der Waals surface area contributed by atoms with Crippen LogP contribution < -0.4 is 5.32 Å². The first-order chi connectivity index (χ1) is 13.8. The van der Waals surface area contributed by atoms with Gasteiger partial charge in [-0.25, -0.2) is 8.42 Å². The van der Waals surface area contributed by atoms with E-state index < -0.39 is 22.0 Å². The second-order valence-corrected chi connectivity index (χ2v) is 9.08. The van der Waals surface area contributed by atoms with E-state index in [1.165, 1.54) is 16.4 Å². The number of nitriles is 1. The molecule has 1 saturated heterocycles. The van der Waals surface area contributed by atoms with Crippen molar-refractivity contribution in [3.8, 4) is 6.07 Å². The van der Waals surface area contributed by atoms with Crippen LogP contribution in [-0.2, 0) is 14.8 Å². The van der Waals surface area contributed by atoms with E-state index in [9.17, 15) is 13.2 Å². The molecule has 1 aliphatic rings. The molecule has 1 fully saturated rings. The SMILES string of the molecule is Cc1cc(S(=O)(=O)N2CCC2C(=O)Nc2ccc(C#N)c(Cl)c2)c2[nH]ncc2c1. The smallest absolute Gasteiger partial charge is 0.245 e. The van der Waals surface area contributed by atoms with Gasteiger partial charge in [-0.05, 0) is 49.2 Å². The number of aromatic nitrogens is 2. The number of rotatable bonds is 4. The Labute approximate surface area is 172 Å². The first-order valence-corrected chi connectivity index (χ1v) is 10.6. The van der Waals surface area contributed by atoms with Gasteiger partial charge in [-0.15, -0.1) is 0 Å². The normalized spacial score (nSPS) is 16.9. The molecule has 0 radical (unpaired) electrons. The molecule has 2 aromatic carbocycles. The molecule has 1 amide bonds. The summed E-state index contributed by atoms with van der Waals surface area (Å²) in [5.74, 6) is -0.450. The molecule has 148 valence electrons. The molecule has 2 heterocycles. The molecule has 0 spiro atoms. The summed E-state index contributed by atoms with van der Waals surface area (Å²) < 4.78 is 27.6. The van der Waals surface area contributed by atoms with Gasteiger partial charge < -0.3 is 5.32 Å². The molecule has 8 nitrogen and oxygen atoms in total. The van der Waals surface area contributed by atoms with Crippen LogP contribution in [0.1, 0.15) is 17.5 Å². The van der Waals surface area contributed by atoms with Crippen LogP contribution in [0.5, 0.6) is 0 Å². The van der Waals surface area contributed by atoms with Gasteiger partial charge in [-0.2, -0.15) is 14.7 Å². The number of sulfonamides is 1. The van der Waals surface area contributed by atoms with Gasteiger partial charge in [-0.3, -0.25) is 9.89 Å². The van der Waals surface area contributed by atoms with Gasteiger partial charge in [0.1, 0.15) is 17.0 Å². The maximum atomic E-state index is 13.2. The first kappa shape index (κ1) is 19.4. The number of amides is 1. The minimum absolute atomic E-state index is 0.101. The summed E-state index contributed by atoms with van der Waals surface area (Å²) in [4.78, 5) is 12.8. The van der Waals surface area contributed by atoms with E-state index in [1.54, 1.807) is 25.3 Å². The van der Waals surface area contributed by atoms with Crippen LogP contribution in [-0.4, -0.2) is 41.4 Å². The van der Waals surface area contributed by atoms with Gasteiger partial charge in [0.05, 0.1) is 22.3 Å². The van der Waals surface area contributed by atoms with Crippen molar-refractivity contribution in [2.75, 3.05) is 11.9 Å². The summed E-state index contributed by atoms with van der Waals surface area (Å²) in [7, 11) is -3.89. The van der Waals surface area contributed by atoms with Crippen molar-refractivity contribution in [2.24, 2.45) is 0 Å². The van der Waals surface area contributed by atoms with Gasteiger partial charge in [0, 0.05) is 17.6 Å². The Kier molecular flexibility index (Phi) is 4.78. The molecule has 1 unspecified atom stereocenters. The third-order valence-corrected chi connectivity index (χ3v) is 7.12. The Bertz CT molecular complexity index is 1280. The zero-order valence-corrected chi connectivity index (χ0v) is 16.9. The lowest BCUT2D eigenvalue weighted by molar-refractivity contribution is -0.122.